The third kappa shape index (κ3) is 1.42. The van der Waals surface area contributed by atoms with E-state index in [0.717, 1.165) is 5.56 Å². The quantitative estimate of drug-likeness (QED) is 0.621. The maximum absolute atomic E-state index is 13.0. The summed E-state index contributed by atoms with van der Waals surface area (Å²) < 4.78 is 0. The highest BCUT2D eigenvalue weighted by atomic mass is 16.2. The van der Waals surface area contributed by atoms with E-state index >= 15 is 0 Å². The monoisotopic (exact) mass is 293 g/mol. The van der Waals surface area contributed by atoms with Crippen LogP contribution >= 0.6 is 0 Å². The molecule has 5 aliphatic rings. The van der Waals surface area contributed by atoms with Crippen molar-refractivity contribution in [3.63, 3.8) is 0 Å². The lowest BCUT2D eigenvalue weighted by Gasteiger charge is -2.37. The second kappa shape index (κ2) is 4.09. The Balaban J connectivity index is 1.52. The summed E-state index contributed by atoms with van der Waals surface area (Å²) in [6, 6.07) is 9.72. The van der Waals surface area contributed by atoms with Crippen molar-refractivity contribution in [3.8, 4) is 0 Å². The first-order chi connectivity index (χ1) is 10.7. The SMILES string of the molecule is C[C@@H](c1ccccc1)N1C(=O)[C@@H]2[C@@H]3C=C[C@H]([C@H]4C[C@@H]34)[C@@H]2C1=O. The molecule has 1 saturated heterocycles. The number of likely N-dealkylation sites (tertiary alicyclic amines) is 1. The highest BCUT2D eigenvalue weighted by molar-refractivity contribution is 6.06. The Morgan fingerprint density at radius 1 is 0.955 bits per heavy atom. The molecular weight excluding hydrogens is 274 g/mol. The van der Waals surface area contributed by atoms with E-state index in [1.54, 1.807) is 4.90 Å². The smallest absolute Gasteiger partial charge is 0.234 e. The lowest BCUT2D eigenvalue weighted by atomic mass is 9.63. The van der Waals surface area contributed by atoms with Gasteiger partial charge in [0.25, 0.3) is 0 Å². The summed E-state index contributed by atoms with van der Waals surface area (Å²) in [5.41, 5.74) is 1.04. The molecule has 3 nitrogen and oxygen atoms in total. The van der Waals surface area contributed by atoms with Gasteiger partial charge in [-0.15, -0.1) is 0 Å². The zero-order chi connectivity index (χ0) is 15.0. The molecule has 3 heteroatoms. The summed E-state index contributed by atoms with van der Waals surface area (Å²) in [4.78, 5) is 27.5. The van der Waals surface area contributed by atoms with E-state index in [2.05, 4.69) is 12.2 Å². The van der Waals surface area contributed by atoms with Gasteiger partial charge >= 0.3 is 0 Å². The van der Waals surface area contributed by atoms with Crippen LogP contribution in [0.15, 0.2) is 42.5 Å². The summed E-state index contributed by atoms with van der Waals surface area (Å²) in [6.45, 7) is 1.97. The Morgan fingerprint density at radius 2 is 1.50 bits per heavy atom. The first-order valence-electron chi connectivity index (χ1n) is 8.28. The maximum atomic E-state index is 13.0. The average molecular weight is 293 g/mol. The van der Waals surface area contributed by atoms with Crippen molar-refractivity contribution in [1.82, 2.24) is 4.90 Å². The molecule has 0 unspecified atom stereocenters. The number of amides is 2. The van der Waals surface area contributed by atoms with Crippen molar-refractivity contribution in [2.45, 2.75) is 19.4 Å². The van der Waals surface area contributed by atoms with E-state index < -0.39 is 0 Å². The molecule has 0 radical (unpaired) electrons. The van der Waals surface area contributed by atoms with Crippen molar-refractivity contribution < 1.29 is 9.59 Å². The van der Waals surface area contributed by atoms with Crippen LogP contribution in [-0.4, -0.2) is 16.7 Å². The Morgan fingerprint density at radius 3 is 2.05 bits per heavy atom. The van der Waals surface area contributed by atoms with E-state index in [1.165, 1.54) is 6.42 Å². The Labute approximate surface area is 130 Å². The molecule has 2 amide bonds. The fourth-order valence-electron chi connectivity index (χ4n) is 5.24. The first-order valence-corrected chi connectivity index (χ1v) is 8.28. The van der Waals surface area contributed by atoms with Crippen molar-refractivity contribution >= 4 is 11.8 Å². The van der Waals surface area contributed by atoms with Gasteiger partial charge in [-0.3, -0.25) is 14.5 Å². The van der Waals surface area contributed by atoms with Crippen LogP contribution in [0.4, 0.5) is 0 Å². The third-order valence-corrected chi connectivity index (χ3v) is 6.37. The summed E-state index contributed by atoms with van der Waals surface area (Å²) in [5.74, 6) is 1.91. The number of carbonyl (C=O) groups excluding carboxylic acids is 2. The highest BCUT2D eigenvalue weighted by Crippen LogP contribution is 2.65. The van der Waals surface area contributed by atoms with Gasteiger partial charge in [0.05, 0.1) is 17.9 Å². The predicted molar refractivity (Wildman–Crippen MR) is 81.4 cm³/mol. The van der Waals surface area contributed by atoms with E-state index in [1.807, 2.05) is 37.3 Å². The number of imide groups is 1. The molecule has 0 aromatic heterocycles. The standard InChI is InChI=1S/C19H19NO2/c1-10(11-5-3-2-4-6-11)20-18(21)16-12-7-8-13(15-9-14(12)15)17(16)19(20)22/h2-8,10,12-17H,9H2,1H3/t10-,12+,13+,14-,15+,16+,17-/m0/s1. The molecule has 3 fully saturated rings. The number of benzene rings is 1. The molecule has 112 valence electrons. The van der Waals surface area contributed by atoms with Crippen molar-refractivity contribution in [2.24, 2.45) is 35.5 Å². The predicted octanol–water partition coefficient (Wildman–Crippen LogP) is 2.80. The van der Waals surface area contributed by atoms with Crippen LogP contribution in [-0.2, 0) is 9.59 Å². The van der Waals surface area contributed by atoms with Crippen molar-refractivity contribution in [3.05, 3.63) is 48.0 Å². The highest BCUT2D eigenvalue weighted by Gasteiger charge is 2.67. The Hall–Kier alpha value is -1.90. The summed E-state index contributed by atoms with van der Waals surface area (Å²) >= 11 is 0. The van der Waals surface area contributed by atoms with Gasteiger partial charge in [-0.05, 0) is 42.6 Å². The van der Waals surface area contributed by atoms with Crippen LogP contribution in [0.1, 0.15) is 24.9 Å². The molecule has 1 aromatic rings. The summed E-state index contributed by atoms with van der Waals surface area (Å²) in [5, 5.41) is 0. The van der Waals surface area contributed by atoms with E-state index in [4.69, 9.17) is 0 Å². The van der Waals surface area contributed by atoms with Crippen LogP contribution in [0.2, 0.25) is 0 Å². The molecule has 6 rings (SSSR count). The first kappa shape index (κ1) is 12.6. The lowest BCUT2D eigenvalue weighted by molar-refractivity contribution is -0.142. The third-order valence-electron chi connectivity index (χ3n) is 6.37. The van der Waals surface area contributed by atoms with Gasteiger partial charge in [0.15, 0.2) is 0 Å². The number of nitrogens with zero attached hydrogens (tertiary/aromatic N) is 1. The van der Waals surface area contributed by atoms with E-state index in [0.29, 0.717) is 23.7 Å². The second-order valence-corrected chi connectivity index (χ2v) is 7.29. The fourth-order valence-corrected chi connectivity index (χ4v) is 5.24. The minimum Gasteiger partial charge on any atom is -0.275 e. The largest absolute Gasteiger partial charge is 0.275 e. The zero-order valence-corrected chi connectivity index (χ0v) is 12.6. The lowest BCUT2D eigenvalue weighted by Crippen LogP contribution is -2.40. The number of carbonyl (C=O) groups is 2. The molecule has 2 saturated carbocycles. The van der Waals surface area contributed by atoms with Crippen LogP contribution in [0, 0.1) is 35.5 Å². The van der Waals surface area contributed by atoms with Gasteiger partial charge in [-0.2, -0.15) is 0 Å². The molecule has 1 heterocycles. The van der Waals surface area contributed by atoms with Crippen molar-refractivity contribution in [1.29, 1.82) is 0 Å². The molecule has 0 N–H and O–H groups in total. The minimum absolute atomic E-state index is 0.0658. The van der Waals surface area contributed by atoms with Crippen LogP contribution in [0.25, 0.3) is 0 Å². The summed E-state index contributed by atoms with van der Waals surface area (Å²) in [7, 11) is 0. The molecule has 2 bridgehead atoms. The fraction of sp³-hybridized carbons (Fsp3) is 0.474. The van der Waals surface area contributed by atoms with Crippen molar-refractivity contribution in [2.75, 3.05) is 0 Å². The topological polar surface area (TPSA) is 37.4 Å². The second-order valence-electron chi connectivity index (χ2n) is 7.29. The van der Waals surface area contributed by atoms with E-state index in [-0.39, 0.29) is 29.7 Å². The van der Waals surface area contributed by atoms with Gasteiger partial charge in [-0.25, -0.2) is 0 Å². The maximum Gasteiger partial charge on any atom is 0.234 e. The van der Waals surface area contributed by atoms with Gasteiger partial charge in [0.1, 0.15) is 0 Å². The molecule has 1 aromatic carbocycles. The molecule has 7 atom stereocenters. The minimum atomic E-state index is -0.164. The van der Waals surface area contributed by atoms with Gasteiger partial charge in [-0.1, -0.05) is 42.5 Å². The number of hydrogen-bond donors (Lipinski definition) is 0. The van der Waals surface area contributed by atoms with Crippen LogP contribution in [0.3, 0.4) is 0 Å². The van der Waals surface area contributed by atoms with Crippen LogP contribution < -0.4 is 0 Å². The van der Waals surface area contributed by atoms with Gasteiger partial charge in [0, 0.05) is 0 Å². The molecule has 1 aliphatic heterocycles. The number of allylic oxidation sites excluding steroid dienone is 2. The Bertz CT molecular complexity index is 659. The normalized spacial score (nSPS) is 42.3. The van der Waals surface area contributed by atoms with E-state index in [9.17, 15) is 9.59 Å². The molecule has 4 aliphatic carbocycles. The average Bonchev–Trinajstić information content (AvgIpc) is 3.32. The number of rotatable bonds is 2. The molecule has 0 spiro atoms. The zero-order valence-electron chi connectivity index (χ0n) is 12.6. The molecule has 22 heavy (non-hydrogen) atoms. The van der Waals surface area contributed by atoms with Gasteiger partial charge < -0.3 is 0 Å². The molecular formula is C19H19NO2. The van der Waals surface area contributed by atoms with Gasteiger partial charge in [0.2, 0.25) is 11.8 Å². The number of hydrogen-bond acceptors (Lipinski definition) is 2. The van der Waals surface area contributed by atoms with Crippen LogP contribution in [0.5, 0.6) is 0 Å². The summed E-state index contributed by atoms with van der Waals surface area (Å²) in [6.07, 6.45) is 5.66. The Kier molecular flexibility index (Phi) is 2.35.